The second-order valence-corrected chi connectivity index (χ2v) is 5.58. The average Bonchev–Trinajstić information content (AvgIpc) is 2.14. The SMILES string of the molecule is CC1CCN1C1CCNC2(CCC2)C1. The van der Waals surface area contributed by atoms with E-state index in [2.05, 4.69) is 17.1 Å². The zero-order valence-corrected chi connectivity index (χ0v) is 9.26. The predicted octanol–water partition coefficient (Wildman–Crippen LogP) is 1.76. The van der Waals surface area contributed by atoms with Gasteiger partial charge in [-0.3, -0.25) is 4.90 Å². The molecule has 1 N–H and O–H groups in total. The van der Waals surface area contributed by atoms with Gasteiger partial charge in [-0.2, -0.15) is 0 Å². The van der Waals surface area contributed by atoms with Gasteiger partial charge in [-0.05, 0) is 52.0 Å². The fourth-order valence-corrected chi connectivity index (χ4v) is 3.48. The molecule has 2 aliphatic heterocycles. The van der Waals surface area contributed by atoms with Gasteiger partial charge in [0.15, 0.2) is 0 Å². The summed E-state index contributed by atoms with van der Waals surface area (Å²) in [5.41, 5.74) is 0.582. The molecule has 0 aromatic carbocycles. The van der Waals surface area contributed by atoms with Crippen molar-refractivity contribution >= 4 is 0 Å². The number of hydrogen-bond donors (Lipinski definition) is 1. The molecule has 3 rings (SSSR count). The van der Waals surface area contributed by atoms with Crippen LogP contribution in [0.5, 0.6) is 0 Å². The van der Waals surface area contributed by atoms with Crippen LogP contribution in [0.3, 0.4) is 0 Å². The zero-order valence-electron chi connectivity index (χ0n) is 9.26. The molecule has 0 radical (unpaired) electrons. The fourth-order valence-electron chi connectivity index (χ4n) is 3.48. The van der Waals surface area contributed by atoms with Gasteiger partial charge in [0.05, 0.1) is 0 Å². The smallest absolute Gasteiger partial charge is 0.0196 e. The van der Waals surface area contributed by atoms with Crippen molar-refractivity contribution < 1.29 is 0 Å². The van der Waals surface area contributed by atoms with E-state index in [9.17, 15) is 0 Å². The molecule has 0 bridgehead atoms. The summed E-state index contributed by atoms with van der Waals surface area (Å²) in [6.07, 6.45) is 8.56. The van der Waals surface area contributed by atoms with Crippen LogP contribution < -0.4 is 5.32 Å². The van der Waals surface area contributed by atoms with Gasteiger partial charge in [0, 0.05) is 24.2 Å². The van der Waals surface area contributed by atoms with Crippen LogP contribution in [0.1, 0.15) is 45.4 Å². The van der Waals surface area contributed by atoms with Crippen molar-refractivity contribution in [2.24, 2.45) is 0 Å². The summed E-state index contributed by atoms with van der Waals surface area (Å²) in [7, 11) is 0. The Hall–Kier alpha value is -0.0800. The van der Waals surface area contributed by atoms with Crippen LogP contribution in [0.4, 0.5) is 0 Å². The van der Waals surface area contributed by atoms with Crippen LogP contribution in [-0.4, -0.2) is 35.6 Å². The highest BCUT2D eigenvalue weighted by Gasteiger charge is 2.44. The number of hydrogen-bond acceptors (Lipinski definition) is 2. The molecule has 3 aliphatic rings. The molecule has 2 atom stereocenters. The molecule has 2 nitrogen and oxygen atoms in total. The normalized spacial score (nSPS) is 41.8. The third-order valence-corrected chi connectivity index (χ3v) is 4.75. The van der Waals surface area contributed by atoms with Crippen molar-refractivity contribution in [2.45, 2.75) is 63.1 Å². The highest BCUT2D eigenvalue weighted by atomic mass is 15.2. The zero-order chi connectivity index (χ0) is 9.60. The van der Waals surface area contributed by atoms with Crippen LogP contribution in [-0.2, 0) is 0 Å². The molecule has 1 spiro atoms. The van der Waals surface area contributed by atoms with Gasteiger partial charge >= 0.3 is 0 Å². The van der Waals surface area contributed by atoms with Gasteiger partial charge in [0.25, 0.3) is 0 Å². The molecule has 14 heavy (non-hydrogen) atoms. The quantitative estimate of drug-likeness (QED) is 0.684. The van der Waals surface area contributed by atoms with E-state index in [0.717, 1.165) is 12.1 Å². The second-order valence-electron chi connectivity index (χ2n) is 5.58. The minimum atomic E-state index is 0.582. The summed E-state index contributed by atoms with van der Waals surface area (Å²) in [6.45, 7) is 5.01. The average molecular weight is 194 g/mol. The minimum absolute atomic E-state index is 0.582. The molecule has 2 heteroatoms. The predicted molar refractivity (Wildman–Crippen MR) is 58.4 cm³/mol. The Kier molecular flexibility index (Phi) is 2.10. The maximum Gasteiger partial charge on any atom is 0.0196 e. The van der Waals surface area contributed by atoms with Crippen LogP contribution >= 0.6 is 0 Å². The minimum Gasteiger partial charge on any atom is -0.311 e. The third-order valence-electron chi connectivity index (χ3n) is 4.75. The first kappa shape index (κ1) is 9.17. The third kappa shape index (κ3) is 1.31. The topological polar surface area (TPSA) is 15.3 Å². The van der Waals surface area contributed by atoms with Crippen molar-refractivity contribution in [1.82, 2.24) is 10.2 Å². The number of rotatable bonds is 1. The fraction of sp³-hybridized carbons (Fsp3) is 1.00. The lowest BCUT2D eigenvalue weighted by Crippen LogP contribution is -2.63. The first-order chi connectivity index (χ1) is 6.79. The van der Waals surface area contributed by atoms with E-state index in [-0.39, 0.29) is 0 Å². The van der Waals surface area contributed by atoms with E-state index in [1.807, 2.05) is 0 Å². The number of likely N-dealkylation sites (tertiary alicyclic amines) is 1. The summed E-state index contributed by atoms with van der Waals surface area (Å²) in [6, 6.07) is 1.77. The first-order valence-corrected chi connectivity index (χ1v) is 6.30. The molecule has 0 amide bonds. The van der Waals surface area contributed by atoms with Gasteiger partial charge < -0.3 is 5.32 Å². The molecule has 1 aliphatic carbocycles. The molecule has 2 saturated heterocycles. The second kappa shape index (κ2) is 3.21. The molecule has 1 saturated carbocycles. The molecule has 80 valence electrons. The van der Waals surface area contributed by atoms with E-state index in [0.29, 0.717) is 5.54 Å². The molecule has 2 unspecified atom stereocenters. The lowest BCUT2D eigenvalue weighted by atomic mass is 9.69. The van der Waals surface area contributed by atoms with Gasteiger partial charge in [-0.25, -0.2) is 0 Å². The summed E-state index contributed by atoms with van der Waals surface area (Å²) < 4.78 is 0. The Morgan fingerprint density at radius 1 is 1.29 bits per heavy atom. The Morgan fingerprint density at radius 2 is 2.14 bits per heavy atom. The van der Waals surface area contributed by atoms with Gasteiger partial charge in [0.2, 0.25) is 0 Å². The Morgan fingerprint density at radius 3 is 2.64 bits per heavy atom. The van der Waals surface area contributed by atoms with Crippen LogP contribution in [0, 0.1) is 0 Å². The lowest BCUT2D eigenvalue weighted by Gasteiger charge is -2.54. The molecular weight excluding hydrogens is 172 g/mol. The van der Waals surface area contributed by atoms with Crippen molar-refractivity contribution in [3.8, 4) is 0 Å². The Bertz CT molecular complexity index is 222. The van der Waals surface area contributed by atoms with Gasteiger partial charge in [0.1, 0.15) is 0 Å². The number of nitrogens with zero attached hydrogens (tertiary/aromatic N) is 1. The van der Waals surface area contributed by atoms with Crippen molar-refractivity contribution in [1.29, 1.82) is 0 Å². The molecule has 2 heterocycles. The highest BCUT2D eigenvalue weighted by Crippen LogP contribution is 2.40. The monoisotopic (exact) mass is 194 g/mol. The van der Waals surface area contributed by atoms with Crippen molar-refractivity contribution in [2.75, 3.05) is 13.1 Å². The number of nitrogens with one attached hydrogen (secondary N) is 1. The Balaban J connectivity index is 1.63. The standard InChI is InChI=1S/C12H22N2/c1-10-4-8-14(10)11-3-7-13-12(9-11)5-2-6-12/h10-11,13H,2-9H2,1H3. The van der Waals surface area contributed by atoms with Crippen LogP contribution in [0.2, 0.25) is 0 Å². The summed E-state index contributed by atoms with van der Waals surface area (Å²) >= 11 is 0. The Labute approximate surface area is 87.0 Å². The maximum atomic E-state index is 3.75. The van der Waals surface area contributed by atoms with Crippen molar-refractivity contribution in [3.05, 3.63) is 0 Å². The maximum absolute atomic E-state index is 3.75. The van der Waals surface area contributed by atoms with E-state index in [1.165, 1.54) is 51.6 Å². The largest absolute Gasteiger partial charge is 0.311 e. The lowest BCUT2D eigenvalue weighted by molar-refractivity contribution is -0.00406. The van der Waals surface area contributed by atoms with Crippen LogP contribution in [0.25, 0.3) is 0 Å². The molecule has 3 fully saturated rings. The highest BCUT2D eigenvalue weighted by molar-refractivity contribution is 5.03. The molecule has 0 aromatic heterocycles. The number of piperidine rings is 1. The van der Waals surface area contributed by atoms with E-state index in [1.54, 1.807) is 0 Å². The van der Waals surface area contributed by atoms with E-state index >= 15 is 0 Å². The van der Waals surface area contributed by atoms with E-state index in [4.69, 9.17) is 0 Å². The first-order valence-electron chi connectivity index (χ1n) is 6.30. The van der Waals surface area contributed by atoms with E-state index < -0.39 is 0 Å². The van der Waals surface area contributed by atoms with Gasteiger partial charge in [-0.15, -0.1) is 0 Å². The van der Waals surface area contributed by atoms with Gasteiger partial charge in [-0.1, -0.05) is 0 Å². The molecular formula is C12H22N2. The summed E-state index contributed by atoms with van der Waals surface area (Å²) in [5.74, 6) is 0. The van der Waals surface area contributed by atoms with Crippen LogP contribution in [0.15, 0.2) is 0 Å². The summed E-state index contributed by atoms with van der Waals surface area (Å²) in [5, 5.41) is 3.75. The van der Waals surface area contributed by atoms with Crippen molar-refractivity contribution in [3.63, 3.8) is 0 Å². The summed E-state index contributed by atoms with van der Waals surface area (Å²) in [4.78, 5) is 2.74. The molecule has 0 aromatic rings.